The molecule has 3 nitrogen and oxygen atoms in total. The molecule has 1 aliphatic heterocycles. The van der Waals surface area contributed by atoms with Gasteiger partial charge in [-0.15, -0.1) is 0 Å². The van der Waals surface area contributed by atoms with Crippen LogP contribution in [0.15, 0.2) is 24.3 Å². The van der Waals surface area contributed by atoms with E-state index in [0.717, 1.165) is 12.1 Å². The van der Waals surface area contributed by atoms with Gasteiger partial charge in [0.2, 0.25) is 0 Å². The Kier molecular flexibility index (Phi) is 4.66. The van der Waals surface area contributed by atoms with Crippen molar-refractivity contribution < 1.29 is 9.90 Å². The first-order valence-electron chi connectivity index (χ1n) is 6.29. The first-order valence-corrected chi connectivity index (χ1v) is 7.45. The Morgan fingerprint density at radius 2 is 2.22 bits per heavy atom. The molecule has 2 rings (SSSR count). The van der Waals surface area contributed by atoms with Crippen LogP contribution in [0.5, 0.6) is 0 Å². The van der Waals surface area contributed by atoms with Gasteiger partial charge in [-0.3, -0.25) is 4.79 Å². The van der Waals surface area contributed by atoms with E-state index >= 15 is 0 Å². The molecule has 2 unspecified atom stereocenters. The summed E-state index contributed by atoms with van der Waals surface area (Å²) in [6, 6.07) is 8.50. The average molecular weight is 265 g/mol. The Hall–Kier alpha value is -1.00. The van der Waals surface area contributed by atoms with Gasteiger partial charge in [0, 0.05) is 18.3 Å². The minimum atomic E-state index is -0.774. The van der Waals surface area contributed by atoms with Crippen LogP contribution in [0.2, 0.25) is 0 Å². The van der Waals surface area contributed by atoms with Crippen molar-refractivity contribution >= 4 is 17.7 Å². The first-order chi connectivity index (χ1) is 8.66. The van der Waals surface area contributed by atoms with Crippen molar-refractivity contribution in [2.75, 3.05) is 11.5 Å². The molecular formula is C14H19NO2S. The number of carboxylic acids is 1. The monoisotopic (exact) mass is 265 g/mol. The number of thioether (sulfide) groups is 1. The van der Waals surface area contributed by atoms with E-state index in [2.05, 4.69) is 5.32 Å². The lowest BCUT2D eigenvalue weighted by atomic mass is 10.00. The van der Waals surface area contributed by atoms with Crippen LogP contribution in [-0.2, 0) is 11.3 Å². The predicted octanol–water partition coefficient (Wildman–Crippen LogP) is 2.47. The van der Waals surface area contributed by atoms with E-state index in [9.17, 15) is 4.79 Å². The molecule has 0 aromatic heterocycles. The van der Waals surface area contributed by atoms with E-state index in [1.165, 1.54) is 23.5 Å². The van der Waals surface area contributed by atoms with Crippen LogP contribution in [0.3, 0.4) is 0 Å². The summed E-state index contributed by atoms with van der Waals surface area (Å²) in [5, 5.41) is 12.5. The third-order valence-corrected chi connectivity index (χ3v) is 4.54. The second-order valence-corrected chi connectivity index (χ2v) is 5.89. The fourth-order valence-electron chi connectivity index (χ4n) is 2.02. The van der Waals surface area contributed by atoms with Crippen LogP contribution in [-0.4, -0.2) is 28.6 Å². The van der Waals surface area contributed by atoms with E-state index in [-0.39, 0.29) is 0 Å². The highest BCUT2D eigenvalue weighted by Crippen LogP contribution is 2.18. The molecule has 0 radical (unpaired) electrons. The van der Waals surface area contributed by atoms with Crippen molar-refractivity contribution in [1.29, 1.82) is 0 Å². The lowest BCUT2D eigenvalue weighted by molar-refractivity contribution is -0.138. The van der Waals surface area contributed by atoms with Crippen molar-refractivity contribution in [1.82, 2.24) is 5.32 Å². The van der Waals surface area contributed by atoms with Crippen LogP contribution in [0.25, 0.3) is 0 Å². The Balaban J connectivity index is 1.88. The van der Waals surface area contributed by atoms with Gasteiger partial charge in [0.05, 0.1) is 5.92 Å². The summed E-state index contributed by atoms with van der Waals surface area (Å²) < 4.78 is 0. The van der Waals surface area contributed by atoms with Crippen LogP contribution in [0.4, 0.5) is 0 Å². The van der Waals surface area contributed by atoms with Gasteiger partial charge in [0.25, 0.3) is 0 Å². The standard InChI is InChI=1S/C14H19NO2S/c1-10(14(16)17)12-4-2-11(3-5-12)8-15-13-6-7-18-9-13/h2-5,10,13,15H,6-9H2,1H3,(H,16,17). The highest BCUT2D eigenvalue weighted by atomic mass is 32.2. The molecule has 2 atom stereocenters. The van der Waals surface area contributed by atoms with E-state index in [0.29, 0.717) is 6.04 Å². The molecule has 0 spiro atoms. The van der Waals surface area contributed by atoms with Crippen molar-refractivity contribution in [2.24, 2.45) is 0 Å². The molecule has 1 saturated heterocycles. The van der Waals surface area contributed by atoms with E-state index in [1.807, 2.05) is 36.0 Å². The number of benzene rings is 1. The third-order valence-electron chi connectivity index (χ3n) is 3.37. The molecule has 0 amide bonds. The SMILES string of the molecule is CC(C(=O)O)c1ccc(CNC2CCSC2)cc1. The lowest BCUT2D eigenvalue weighted by Gasteiger charge is -2.12. The molecule has 1 aromatic carbocycles. The molecule has 1 heterocycles. The van der Waals surface area contributed by atoms with Gasteiger partial charge in [-0.05, 0) is 30.2 Å². The summed E-state index contributed by atoms with van der Waals surface area (Å²) in [5.74, 6) is 1.25. The van der Waals surface area contributed by atoms with Gasteiger partial charge in [-0.1, -0.05) is 24.3 Å². The molecule has 0 bridgehead atoms. The highest BCUT2D eigenvalue weighted by Gasteiger charge is 2.15. The van der Waals surface area contributed by atoms with Crippen molar-refractivity contribution in [2.45, 2.75) is 31.8 Å². The third kappa shape index (κ3) is 3.50. The molecule has 98 valence electrons. The smallest absolute Gasteiger partial charge is 0.310 e. The van der Waals surface area contributed by atoms with Gasteiger partial charge in [-0.25, -0.2) is 0 Å². The summed E-state index contributed by atoms with van der Waals surface area (Å²) in [4.78, 5) is 10.9. The maximum Gasteiger partial charge on any atom is 0.310 e. The average Bonchev–Trinajstić information content (AvgIpc) is 2.89. The van der Waals surface area contributed by atoms with Gasteiger partial charge in [0.15, 0.2) is 0 Å². The summed E-state index contributed by atoms with van der Waals surface area (Å²) in [5.41, 5.74) is 2.08. The molecule has 1 aromatic rings. The Labute approximate surface area is 112 Å². The largest absolute Gasteiger partial charge is 0.481 e. The summed E-state index contributed by atoms with van der Waals surface area (Å²) in [7, 11) is 0. The number of carbonyl (C=O) groups is 1. The topological polar surface area (TPSA) is 49.3 Å². The van der Waals surface area contributed by atoms with Gasteiger partial charge < -0.3 is 10.4 Å². The fourth-order valence-corrected chi connectivity index (χ4v) is 3.21. The van der Waals surface area contributed by atoms with Gasteiger partial charge >= 0.3 is 5.97 Å². The zero-order valence-electron chi connectivity index (χ0n) is 10.6. The molecule has 1 fully saturated rings. The first kappa shape index (κ1) is 13.4. The molecular weight excluding hydrogens is 246 g/mol. The molecule has 4 heteroatoms. The minimum absolute atomic E-state index is 0.432. The zero-order chi connectivity index (χ0) is 13.0. The normalized spacial score (nSPS) is 20.8. The van der Waals surface area contributed by atoms with E-state index in [4.69, 9.17) is 5.11 Å². The molecule has 0 saturated carbocycles. The van der Waals surface area contributed by atoms with E-state index in [1.54, 1.807) is 6.92 Å². The minimum Gasteiger partial charge on any atom is -0.481 e. The summed E-state index contributed by atoms with van der Waals surface area (Å²) >= 11 is 2.00. The summed E-state index contributed by atoms with van der Waals surface area (Å²) in [6.07, 6.45) is 1.25. The number of nitrogens with one attached hydrogen (secondary N) is 1. The van der Waals surface area contributed by atoms with Crippen molar-refractivity contribution in [3.8, 4) is 0 Å². The van der Waals surface area contributed by atoms with Crippen LogP contribution < -0.4 is 5.32 Å². The predicted molar refractivity (Wildman–Crippen MR) is 75.1 cm³/mol. The van der Waals surface area contributed by atoms with Gasteiger partial charge in [0.1, 0.15) is 0 Å². The molecule has 2 N–H and O–H groups in total. The Morgan fingerprint density at radius 1 is 1.50 bits per heavy atom. The molecule has 1 aliphatic rings. The van der Waals surface area contributed by atoms with Crippen LogP contribution in [0, 0.1) is 0 Å². The number of carboxylic acid groups (broad SMARTS) is 1. The Bertz CT molecular complexity index is 399. The molecule has 18 heavy (non-hydrogen) atoms. The quantitative estimate of drug-likeness (QED) is 0.858. The van der Waals surface area contributed by atoms with E-state index < -0.39 is 11.9 Å². The van der Waals surface area contributed by atoms with Crippen molar-refractivity contribution in [3.63, 3.8) is 0 Å². The lowest BCUT2D eigenvalue weighted by Crippen LogP contribution is -2.27. The summed E-state index contributed by atoms with van der Waals surface area (Å²) in [6.45, 7) is 2.58. The fraction of sp³-hybridized carbons (Fsp3) is 0.500. The zero-order valence-corrected chi connectivity index (χ0v) is 11.4. The molecule has 0 aliphatic carbocycles. The second-order valence-electron chi connectivity index (χ2n) is 4.74. The van der Waals surface area contributed by atoms with Crippen molar-refractivity contribution in [3.05, 3.63) is 35.4 Å². The Morgan fingerprint density at radius 3 is 2.78 bits per heavy atom. The number of rotatable bonds is 5. The number of hydrogen-bond donors (Lipinski definition) is 2. The van der Waals surface area contributed by atoms with Crippen LogP contribution in [0.1, 0.15) is 30.4 Å². The number of aliphatic carboxylic acids is 1. The second kappa shape index (κ2) is 6.25. The maximum absolute atomic E-state index is 10.9. The number of hydrogen-bond acceptors (Lipinski definition) is 3. The van der Waals surface area contributed by atoms with Crippen LogP contribution >= 0.6 is 11.8 Å². The maximum atomic E-state index is 10.9. The highest BCUT2D eigenvalue weighted by molar-refractivity contribution is 7.99. The van der Waals surface area contributed by atoms with Gasteiger partial charge in [-0.2, -0.15) is 11.8 Å².